The molecule has 1 saturated heterocycles. The molecule has 7 heteroatoms. The molecule has 1 unspecified atom stereocenters. The summed E-state index contributed by atoms with van der Waals surface area (Å²) in [6.07, 6.45) is 2.15. The van der Waals surface area contributed by atoms with Crippen molar-refractivity contribution in [1.29, 1.82) is 0 Å². The van der Waals surface area contributed by atoms with E-state index in [0.717, 1.165) is 19.5 Å². The Hall–Kier alpha value is -0.920. The highest BCUT2D eigenvalue weighted by atomic mass is 32.2. The van der Waals surface area contributed by atoms with Gasteiger partial charge in [0.05, 0.1) is 11.9 Å². The van der Waals surface area contributed by atoms with Crippen molar-refractivity contribution >= 4 is 10.0 Å². The molecule has 0 spiro atoms. The van der Waals surface area contributed by atoms with Crippen LogP contribution in [0.5, 0.6) is 0 Å². The van der Waals surface area contributed by atoms with Crippen LogP contribution in [-0.2, 0) is 10.0 Å². The molecule has 2 rings (SSSR count). The van der Waals surface area contributed by atoms with Crippen molar-refractivity contribution in [1.82, 2.24) is 20.2 Å². The number of H-pyrrole nitrogens is 1. The fourth-order valence-corrected chi connectivity index (χ4v) is 3.83. The van der Waals surface area contributed by atoms with Crippen molar-refractivity contribution in [3.05, 3.63) is 11.9 Å². The van der Waals surface area contributed by atoms with Crippen LogP contribution in [0.1, 0.15) is 26.0 Å². The topological polar surface area (TPSA) is 86.9 Å². The SMILES string of the molecule is Cc1[nH]ncc1S(=O)(=O)NC1CCNCC1(C)C. The predicted molar refractivity (Wildman–Crippen MR) is 68.7 cm³/mol. The molecular formula is C11H20N4O2S. The van der Waals surface area contributed by atoms with Crippen LogP contribution in [0.4, 0.5) is 0 Å². The number of hydrogen-bond acceptors (Lipinski definition) is 4. The van der Waals surface area contributed by atoms with Gasteiger partial charge in [-0.25, -0.2) is 13.1 Å². The number of hydrogen-bond donors (Lipinski definition) is 3. The van der Waals surface area contributed by atoms with Crippen LogP contribution < -0.4 is 10.0 Å². The van der Waals surface area contributed by atoms with Gasteiger partial charge in [0.1, 0.15) is 4.90 Å². The molecule has 1 atom stereocenters. The zero-order chi connectivity index (χ0) is 13.4. The van der Waals surface area contributed by atoms with Gasteiger partial charge in [-0.1, -0.05) is 13.8 Å². The summed E-state index contributed by atoms with van der Waals surface area (Å²) in [7, 11) is -3.49. The maximum atomic E-state index is 12.3. The predicted octanol–water partition coefficient (Wildman–Crippen LogP) is 0.385. The molecular weight excluding hydrogens is 252 g/mol. The van der Waals surface area contributed by atoms with Crippen LogP contribution in [0.2, 0.25) is 0 Å². The van der Waals surface area contributed by atoms with Gasteiger partial charge >= 0.3 is 0 Å². The van der Waals surface area contributed by atoms with E-state index in [1.165, 1.54) is 6.20 Å². The molecule has 1 aromatic heterocycles. The maximum Gasteiger partial charge on any atom is 0.244 e. The van der Waals surface area contributed by atoms with E-state index in [0.29, 0.717) is 5.69 Å². The Morgan fingerprint density at radius 2 is 2.22 bits per heavy atom. The molecule has 1 aromatic rings. The second-order valence-corrected chi connectivity index (χ2v) is 7.17. The zero-order valence-corrected chi connectivity index (χ0v) is 11.8. The molecule has 1 aliphatic heterocycles. The Labute approximate surface area is 108 Å². The minimum absolute atomic E-state index is 0.0574. The van der Waals surface area contributed by atoms with Gasteiger partial charge in [0.25, 0.3) is 0 Å². The van der Waals surface area contributed by atoms with E-state index in [1.807, 2.05) is 0 Å². The molecule has 0 radical (unpaired) electrons. The fourth-order valence-electron chi connectivity index (χ4n) is 2.25. The first-order chi connectivity index (χ1) is 8.33. The van der Waals surface area contributed by atoms with E-state index in [-0.39, 0.29) is 16.4 Å². The monoisotopic (exact) mass is 272 g/mol. The largest absolute Gasteiger partial charge is 0.316 e. The van der Waals surface area contributed by atoms with E-state index in [9.17, 15) is 8.42 Å². The van der Waals surface area contributed by atoms with Crippen LogP contribution in [0, 0.1) is 12.3 Å². The van der Waals surface area contributed by atoms with Gasteiger partial charge in [-0.05, 0) is 25.3 Å². The van der Waals surface area contributed by atoms with Gasteiger partial charge in [-0.2, -0.15) is 5.10 Å². The van der Waals surface area contributed by atoms with Crippen molar-refractivity contribution < 1.29 is 8.42 Å². The molecule has 0 aromatic carbocycles. The van der Waals surface area contributed by atoms with E-state index in [4.69, 9.17) is 0 Å². The van der Waals surface area contributed by atoms with Crippen LogP contribution in [-0.4, -0.2) is 37.7 Å². The van der Waals surface area contributed by atoms with E-state index in [1.54, 1.807) is 6.92 Å². The quantitative estimate of drug-likeness (QED) is 0.742. The molecule has 2 heterocycles. The molecule has 0 bridgehead atoms. The van der Waals surface area contributed by atoms with Gasteiger partial charge in [0.15, 0.2) is 0 Å². The highest BCUT2D eigenvalue weighted by Gasteiger charge is 2.35. The number of rotatable bonds is 3. The second kappa shape index (κ2) is 4.64. The van der Waals surface area contributed by atoms with Crippen LogP contribution >= 0.6 is 0 Å². The van der Waals surface area contributed by atoms with E-state index >= 15 is 0 Å². The minimum Gasteiger partial charge on any atom is -0.316 e. The summed E-state index contributed by atoms with van der Waals surface area (Å²) in [6, 6.07) is -0.0574. The highest BCUT2D eigenvalue weighted by molar-refractivity contribution is 7.89. The van der Waals surface area contributed by atoms with Crippen molar-refractivity contribution in [3.63, 3.8) is 0 Å². The van der Waals surface area contributed by atoms with Crippen molar-refractivity contribution in [3.8, 4) is 0 Å². The average molecular weight is 272 g/mol. The molecule has 0 saturated carbocycles. The zero-order valence-electron chi connectivity index (χ0n) is 10.9. The van der Waals surface area contributed by atoms with Gasteiger partial charge in [-0.15, -0.1) is 0 Å². The Morgan fingerprint density at radius 1 is 1.50 bits per heavy atom. The first-order valence-corrected chi connectivity index (χ1v) is 7.54. The molecule has 1 fully saturated rings. The van der Waals surface area contributed by atoms with Gasteiger partial charge < -0.3 is 5.32 Å². The highest BCUT2D eigenvalue weighted by Crippen LogP contribution is 2.26. The molecule has 6 nitrogen and oxygen atoms in total. The Bertz CT molecular complexity index is 521. The van der Waals surface area contributed by atoms with Gasteiger partial charge in [0.2, 0.25) is 10.0 Å². The number of aromatic nitrogens is 2. The third kappa shape index (κ3) is 2.57. The van der Waals surface area contributed by atoms with Crippen molar-refractivity contribution in [2.24, 2.45) is 5.41 Å². The summed E-state index contributed by atoms with van der Waals surface area (Å²) in [5.74, 6) is 0. The lowest BCUT2D eigenvalue weighted by Crippen LogP contribution is -2.54. The lowest BCUT2D eigenvalue weighted by Gasteiger charge is -2.39. The molecule has 0 aliphatic carbocycles. The number of nitrogens with one attached hydrogen (secondary N) is 3. The Kier molecular flexibility index (Phi) is 3.48. The summed E-state index contributed by atoms with van der Waals surface area (Å²) in [4.78, 5) is 0.233. The summed E-state index contributed by atoms with van der Waals surface area (Å²) < 4.78 is 27.4. The van der Waals surface area contributed by atoms with E-state index in [2.05, 4.69) is 34.1 Å². The van der Waals surface area contributed by atoms with Crippen molar-refractivity contribution in [2.75, 3.05) is 13.1 Å². The number of nitrogens with zero attached hydrogens (tertiary/aromatic N) is 1. The number of aryl methyl sites for hydroxylation is 1. The number of piperidine rings is 1. The Morgan fingerprint density at radius 3 is 2.78 bits per heavy atom. The van der Waals surface area contributed by atoms with Crippen molar-refractivity contribution in [2.45, 2.75) is 38.1 Å². The van der Waals surface area contributed by atoms with Crippen LogP contribution in [0.25, 0.3) is 0 Å². The average Bonchev–Trinajstić information content (AvgIpc) is 2.68. The van der Waals surface area contributed by atoms with Crippen LogP contribution in [0.3, 0.4) is 0 Å². The van der Waals surface area contributed by atoms with Gasteiger partial charge in [0, 0.05) is 12.6 Å². The first kappa shape index (κ1) is 13.5. The Balaban J connectivity index is 2.21. The summed E-state index contributed by atoms with van der Waals surface area (Å²) in [5, 5.41) is 9.70. The first-order valence-electron chi connectivity index (χ1n) is 6.06. The summed E-state index contributed by atoms with van der Waals surface area (Å²) >= 11 is 0. The standard InChI is InChI=1S/C11H20N4O2S/c1-8-9(6-13-14-8)18(16,17)15-10-4-5-12-7-11(10,2)3/h6,10,12,15H,4-5,7H2,1-3H3,(H,13,14). The third-order valence-corrected chi connectivity index (χ3v) is 5.09. The number of sulfonamides is 1. The normalized spacial score (nSPS) is 24.1. The summed E-state index contributed by atoms with van der Waals surface area (Å²) in [5.41, 5.74) is 0.470. The maximum absolute atomic E-state index is 12.3. The minimum atomic E-state index is -3.49. The molecule has 3 N–H and O–H groups in total. The molecule has 0 amide bonds. The lowest BCUT2D eigenvalue weighted by atomic mass is 9.81. The van der Waals surface area contributed by atoms with Gasteiger partial charge in [-0.3, -0.25) is 5.10 Å². The smallest absolute Gasteiger partial charge is 0.244 e. The van der Waals surface area contributed by atoms with Crippen LogP contribution in [0.15, 0.2) is 11.1 Å². The lowest BCUT2D eigenvalue weighted by molar-refractivity contribution is 0.206. The third-order valence-electron chi connectivity index (χ3n) is 3.50. The molecule has 102 valence electrons. The number of aromatic amines is 1. The van der Waals surface area contributed by atoms with E-state index < -0.39 is 10.0 Å². The molecule has 1 aliphatic rings. The molecule has 18 heavy (non-hydrogen) atoms. The fraction of sp³-hybridized carbons (Fsp3) is 0.727. The second-order valence-electron chi connectivity index (χ2n) is 5.49. The summed E-state index contributed by atoms with van der Waals surface area (Å²) in [6.45, 7) is 7.48.